The zero-order chi connectivity index (χ0) is 15.3. The van der Waals surface area contributed by atoms with Gasteiger partial charge in [-0.3, -0.25) is 0 Å². The number of methoxy groups -OCH3 is 1. The highest BCUT2D eigenvalue weighted by atomic mass is 32.2. The Morgan fingerprint density at radius 3 is 2.62 bits per heavy atom. The Bertz CT molecular complexity index is 537. The van der Waals surface area contributed by atoms with Gasteiger partial charge in [0.05, 0.1) is 12.9 Å². The molecule has 0 spiro atoms. The SMILES string of the molecule is COc1ccc(CN(C)S(=O)(=O)CC2CCCNC2)cc1. The number of benzene rings is 1. The standard InChI is InChI=1S/C15H24N2O3S/c1-17(11-13-5-7-15(20-2)8-6-13)21(18,19)12-14-4-3-9-16-10-14/h5-8,14,16H,3-4,9-12H2,1-2H3. The summed E-state index contributed by atoms with van der Waals surface area (Å²) >= 11 is 0. The average Bonchev–Trinajstić information content (AvgIpc) is 2.48. The van der Waals surface area contributed by atoms with E-state index in [1.807, 2.05) is 24.3 Å². The van der Waals surface area contributed by atoms with Crippen LogP contribution in [0.1, 0.15) is 18.4 Å². The van der Waals surface area contributed by atoms with Gasteiger partial charge in [0.2, 0.25) is 10.0 Å². The van der Waals surface area contributed by atoms with Crippen molar-refractivity contribution in [1.29, 1.82) is 0 Å². The van der Waals surface area contributed by atoms with E-state index in [1.54, 1.807) is 14.2 Å². The van der Waals surface area contributed by atoms with Gasteiger partial charge in [-0.25, -0.2) is 12.7 Å². The van der Waals surface area contributed by atoms with Crippen molar-refractivity contribution in [3.05, 3.63) is 29.8 Å². The zero-order valence-electron chi connectivity index (χ0n) is 12.7. The first-order chi connectivity index (χ1) is 10.0. The van der Waals surface area contributed by atoms with Crippen molar-refractivity contribution in [2.75, 3.05) is 33.0 Å². The molecule has 0 saturated carbocycles. The number of nitrogens with one attached hydrogen (secondary N) is 1. The Morgan fingerprint density at radius 2 is 2.05 bits per heavy atom. The number of hydrogen-bond donors (Lipinski definition) is 1. The van der Waals surface area contributed by atoms with E-state index < -0.39 is 10.0 Å². The normalized spacial score (nSPS) is 19.7. The third kappa shape index (κ3) is 4.69. The highest BCUT2D eigenvalue weighted by Crippen LogP contribution is 2.17. The monoisotopic (exact) mass is 312 g/mol. The molecule has 1 saturated heterocycles. The maximum atomic E-state index is 12.4. The lowest BCUT2D eigenvalue weighted by atomic mass is 10.0. The van der Waals surface area contributed by atoms with E-state index >= 15 is 0 Å². The van der Waals surface area contributed by atoms with Crippen LogP contribution in [0.15, 0.2) is 24.3 Å². The molecule has 0 amide bonds. The van der Waals surface area contributed by atoms with Crippen LogP contribution in [0.3, 0.4) is 0 Å². The first kappa shape index (κ1) is 16.3. The van der Waals surface area contributed by atoms with E-state index in [-0.39, 0.29) is 11.7 Å². The number of nitrogens with zero attached hydrogens (tertiary/aromatic N) is 1. The Morgan fingerprint density at radius 1 is 1.33 bits per heavy atom. The maximum Gasteiger partial charge on any atom is 0.214 e. The Kier molecular flexibility index (Phi) is 5.61. The molecule has 0 radical (unpaired) electrons. The number of ether oxygens (including phenoxy) is 1. The molecule has 1 N–H and O–H groups in total. The summed E-state index contributed by atoms with van der Waals surface area (Å²) < 4.78 is 31.4. The van der Waals surface area contributed by atoms with Gasteiger partial charge in [-0.05, 0) is 49.5 Å². The second kappa shape index (κ2) is 7.24. The molecule has 1 aliphatic rings. The van der Waals surface area contributed by atoms with Crippen LogP contribution < -0.4 is 10.1 Å². The largest absolute Gasteiger partial charge is 0.497 e. The number of hydrogen-bond acceptors (Lipinski definition) is 4. The number of piperidine rings is 1. The predicted molar refractivity (Wildman–Crippen MR) is 83.8 cm³/mol. The Hall–Kier alpha value is -1.11. The molecular formula is C15H24N2O3S. The topological polar surface area (TPSA) is 58.6 Å². The van der Waals surface area contributed by atoms with Crippen LogP contribution in [-0.4, -0.2) is 45.7 Å². The summed E-state index contributed by atoms with van der Waals surface area (Å²) in [5, 5.41) is 3.26. The molecule has 6 heteroatoms. The van der Waals surface area contributed by atoms with E-state index in [9.17, 15) is 8.42 Å². The molecule has 0 aromatic heterocycles. The van der Waals surface area contributed by atoms with E-state index in [2.05, 4.69) is 5.32 Å². The van der Waals surface area contributed by atoms with Gasteiger partial charge < -0.3 is 10.1 Å². The summed E-state index contributed by atoms with van der Waals surface area (Å²) in [5.41, 5.74) is 0.962. The molecule has 21 heavy (non-hydrogen) atoms. The minimum Gasteiger partial charge on any atom is -0.497 e. The molecule has 0 bridgehead atoms. The smallest absolute Gasteiger partial charge is 0.214 e. The van der Waals surface area contributed by atoms with E-state index in [1.165, 1.54) is 4.31 Å². The van der Waals surface area contributed by atoms with Gasteiger partial charge in [-0.2, -0.15) is 0 Å². The average molecular weight is 312 g/mol. The van der Waals surface area contributed by atoms with Gasteiger partial charge in [0, 0.05) is 13.6 Å². The number of sulfonamides is 1. The lowest BCUT2D eigenvalue weighted by molar-refractivity contribution is 0.390. The van der Waals surface area contributed by atoms with Gasteiger partial charge >= 0.3 is 0 Å². The maximum absolute atomic E-state index is 12.4. The highest BCUT2D eigenvalue weighted by molar-refractivity contribution is 7.89. The van der Waals surface area contributed by atoms with E-state index in [0.29, 0.717) is 6.54 Å². The van der Waals surface area contributed by atoms with Crippen molar-refractivity contribution in [2.24, 2.45) is 5.92 Å². The highest BCUT2D eigenvalue weighted by Gasteiger charge is 2.24. The molecule has 1 aliphatic heterocycles. The molecule has 1 aromatic rings. The Balaban J connectivity index is 1.94. The van der Waals surface area contributed by atoms with Crippen molar-refractivity contribution < 1.29 is 13.2 Å². The predicted octanol–water partition coefficient (Wildman–Crippen LogP) is 1.46. The minimum absolute atomic E-state index is 0.224. The lowest BCUT2D eigenvalue weighted by Crippen LogP contribution is -2.38. The second-order valence-corrected chi connectivity index (χ2v) is 7.72. The fourth-order valence-corrected chi connectivity index (χ4v) is 4.06. The molecule has 5 nitrogen and oxygen atoms in total. The summed E-state index contributed by atoms with van der Waals surface area (Å²) in [5.74, 6) is 1.23. The molecule has 118 valence electrons. The lowest BCUT2D eigenvalue weighted by Gasteiger charge is -2.25. The molecule has 1 unspecified atom stereocenters. The molecule has 1 atom stereocenters. The fourth-order valence-electron chi connectivity index (χ4n) is 2.58. The first-order valence-electron chi connectivity index (χ1n) is 7.29. The van der Waals surface area contributed by atoms with E-state index in [4.69, 9.17) is 4.74 Å². The van der Waals surface area contributed by atoms with Crippen molar-refractivity contribution >= 4 is 10.0 Å². The van der Waals surface area contributed by atoms with Crippen molar-refractivity contribution in [2.45, 2.75) is 19.4 Å². The molecule has 1 fully saturated rings. The molecule has 2 rings (SSSR count). The van der Waals surface area contributed by atoms with Gasteiger partial charge in [0.25, 0.3) is 0 Å². The van der Waals surface area contributed by atoms with Gasteiger partial charge in [0.15, 0.2) is 0 Å². The zero-order valence-corrected chi connectivity index (χ0v) is 13.5. The second-order valence-electron chi connectivity index (χ2n) is 5.60. The molecular weight excluding hydrogens is 288 g/mol. The molecule has 1 heterocycles. The van der Waals surface area contributed by atoms with E-state index in [0.717, 1.165) is 37.2 Å². The Labute approximate surface area is 127 Å². The van der Waals surface area contributed by atoms with Crippen LogP contribution in [-0.2, 0) is 16.6 Å². The van der Waals surface area contributed by atoms with Crippen LogP contribution in [0.25, 0.3) is 0 Å². The van der Waals surface area contributed by atoms with Crippen LogP contribution in [0.5, 0.6) is 5.75 Å². The van der Waals surface area contributed by atoms with Crippen molar-refractivity contribution in [1.82, 2.24) is 9.62 Å². The van der Waals surface area contributed by atoms with Crippen molar-refractivity contribution in [3.8, 4) is 5.75 Å². The minimum atomic E-state index is -3.21. The first-order valence-corrected chi connectivity index (χ1v) is 8.90. The summed E-state index contributed by atoms with van der Waals surface area (Å²) in [7, 11) is 0.0518. The fraction of sp³-hybridized carbons (Fsp3) is 0.600. The van der Waals surface area contributed by atoms with Gasteiger partial charge in [0.1, 0.15) is 5.75 Å². The quantitative estimate of drug-likeness (QED) is 0.864. The summed E-state index contributed by atoms with van der Waals surface area (Å²) in [6.07, 6.45) is 2.05. The third-order valence-electron chi connectivity index (χ3n) is 3.88. The summed E-state index contributed by atoms with van der Waals surface area (Å²) in [6, 6.07) is 7.49. The third-order valence-corrected chi connectivity index (χ3v) is 5.86. The van der Waals surface area contributed by atoms with Gasteiger partial charge in [-0.1, -0.05) is 12.1 Å². The molecule has 0 aliphatic carbocycles. The summed E-state index contributed by atoms with van der Waals surface area (Å²) in [6.45, 7) is 2.19. The van der Waals surface area contributed by atoms with Gasteiger partial charge in [-0.15, -0.1) is 0 Å². The van der Waals surface area contributed by atoms with Crippen molar-refractivity contribution in [3.63, 3.8) is 0 Å². The molecule has 1 aromatic carbocycles. The van der Waals surface area contributed by atoms with Crippen LogP contribution in [0.4, 0.5) is 0 Å². The number of rotatable bonds is 6. The van der Waals surface area contributed by atoms with Crippen LogP contribution >= 0.6 is 0 Å². The van der Waals surface area contributed by atoms with Crippen LogP contribution in [0, 0.1) is 5.92 Å². The summed E-state index contributed by atoms with van der Waals surface area (Å²) in [4.78, 5) is 0. The van der Waals surface area contributed by atoms with Crippen LogP contribution in [0.2, 0.25) is 0 Å².